The van der Waals surface area contributed by atoms with Gasteiger partial charge in [0, 0.05) is 22.3 Å². The number of rotatable bonds is 6. The molecule has 4 nitrogen and oxygen atoms in total. The lowest BCUT2D eigenvalue weighted by Gasteiger charge is -2.13. The molecular formula is C44H28N4S. The molecule has 0 atom stereocenters. The van der Waals surface area contributed by atoms with Gasteiger partial charge in [0.25, 0.3) is 0 Å². The Balaban J connectivity index is 1.16. The summed E-state index contributed by atoms with van der Waals surface area (Å²) >= 11 is 1.72. The highest BCUT2D eigenvalue weighted by atomic mass is 32.1. The summed E-state index contributed by atoms with van der Waals surface area (Å²) in [5, 5.41) is 3.25. The van der Waals surface area contributed by atoms with Gasteiger partial charge in [-0.15, -0.1) is 11.3 Å². The minimum atomic E-state index is 0.639. The number of hydrogen-bond acceptors (Lipinski definition) is 5. The molecule has 0 saturated heterocycles. The van der Waals surface area contributed by atoms with Crippen LogP contribution in [0.2, 0.25) is 0 Å². The van der Waals surface area contributed by atoms with E-state index in [0.717, 1.165) is 60.2 Å². The normalized spacial score (nSPS) is 11.3. The van der Waals surface area contributed by atoms with Gasteiger partial charge in [0.05, 0.1) is 10.2 Å². The van der Waals surface area contributed by atoms with Gasteiger partial charge >= 0.3 is 0 Å². The van der Waals surface area contributed by atoms with Gasteiger partial charge in [-0.25, -0.2) is 19.9 Å². The molecule has 2 heterocycles. The van der Waals surface area contributed by atoms with Crippen LogP contribution in [0.1, 0.15) is 0 Å². The summed E-state index contributed by atoms with van der Waals surface area (Å²) in [6, 6.07) is 58.7. The van der Waals surface area contributed by atoms with Crippen LogP contribution in [0.3, 0.4) is 0 Å². The zero-order valence-electron chi connectivity index (χ0n) is 26.4. The van der Waals surface area contributed by atoms with Crippen LogP contribution in [0, 0.1) is 0 Å². The van der Waals surface area contributed by atoms with Crippen LogP contribution >= 0.6 is 11.3 Å². The van der Waals surface area contributed by atoms with Crippen LogP contribution in [-0.2, 0) is 0 Å². The van der Waals surface area contributed by atoms with Crippen molar-refractivity contribution in [1.82, 2.24) is 19.9 Å². The molecule has 0 N–H and O–H groups in total. The smallest absolute Gasteiger partial charge is 0.164 e. The zero-order chi connectivity index (χ0) is 32.6. The van der Waals surface area contributed by atoms with Gasteiger partial charge in [-0.05, 0) is 51.2 Å². The van der Waals surface area contributed by atoms with Crippen LogP contribution in [0.15, 0.2) is 170 Å². The fraction of sp³-hybridized carbons (Fsp3) is 0. The predicted octanol–water partition coefficient (Wildman–Crippen LogP) is 11.6. The van der Waals surface area contributed by atoms with Crippen molar-refractivity contribution in [3.8, 4) is 67.0 Å². The van der Waals surface area contributed by atoms with E-state index in [2.05, 4.69) is 127 Å². The molecule has 7 aromatic carbocycles. The summed E-state index contributed by atoms with van der Waals surface area (Å²) in [6.45, 7) is 0. The van der Waals surface area contributed by atoms with E-state index in [1.54, 1.807) is 11.3 Å². The standard InChI is InChI=1S/C44H28N4S/c1-4-12-29(13-5-1)30-20-22-32(23-21-30)42-46-41(31-14-6-2-7-15-31)47-43(48-42)38-26-25-35(36-18-10-11-19-37(36)38)34-24-27-40-39(28-34)45-44(49-40)33-16-8-3-9-17-33/h1-28H. The van der Waals surface area contributed by atoms with E-state index in [0.29, 0.717) is 17.5 Å². The number of thiazole rings is 1. The molecule has 0 unspecified atom stereocenters. The second kappa shape index (κ2) is 12.4. The number of nitrogens with zero attached hydrogens (tertiary/aromatic N) is 4. The highest BCUT2D eigenvalue weighted by Gasteiger charge is 2.17. The van der Waals surface area contributed by atoms with Crippen LogP contribution in [0.4, 0.5) is 0 Å². The van der Waals surface area contributed by atoms with E-state index in [1.807, 2.05) is 42.5 Å². The molecule has 0 amide bonds. The summed E-state index contributed by atoms with van der Waals surface area (Å²) in [6.07, 6.45) is 0. The maximum absolute atomic E-state index is 5.10. The van der Waals surface area contributed by atoms with Crippen molar-refractivity contribution < 1.29 is 0 Å². The zero-order valence-corrected chi connectivity index (χ0v) is 27.2. The average Bonchev–Trinajstić information content (AvgIpc) is 3.62. The quantitative estimate of drug-likeness (QED) is 0.181. The second-order valence-electron chi connectivity index (χ2n) is 11.9. The molecule has 5 heteroatoms. The summed E-state index contributed by atoms with van der Waals surface area (Å²) in [4.78, 5) is 20.1. The topological polar surface area (TPSA) is 51.6 Å². The van der Waals surface area contributed by atoms with Crippen molar-refractivity contribution in [2.75, 3.05) is 0 Å². The summed E-state index contributed by atoms with van der Waals surface area (Å²) in [5.74, 6) is 1.92. The molecule has 49 heavy (non-hydrogen) atoms. The fourth-order valence-corrected chi connectivity index (χ4v) is 7.28. The highest BCUT2D eigenvalue weighted by molar-refractivity contribution is 7.21. The molecule has 0 aliphatic rings. The van der Waals surface area contributed by atoms with E-state index >= 15 is 0 Å². The molecule has 9 rings (SSSR count). The summed E-state index contributed by atoms with van der Waals surface area (Å²) < 4.78 is 1.17. The average molecular weight is 645 g/mol. The summed E-state index contributed by atoms with van der Waals surface area (Å²) in [5.41, 5.74) is 9.57. The van der Waals surface area contributed by atoms with Gasteiger partial charge in [-0.2, -0.15) is 0 Å². The van der Waals surface area contributed by atoms with E-state index in [4.69, 9.17) is 19.9 Å². The van der Waals surface area contributed by atoms with Gasteiger partial charge in [0.2, 0.25) is 0 Å². The van der Waals surface area contributed by atoms with Crippen LogP contribution in [0.5, 0.6) is 0 Å². The van der Waals surface area contributed by atoms with Crippen molar-refractivity contribution in [2.24, 2.45) is 0 Å². The first-order valence-corrected chi connectivity index (χ1v) is 17.0. The Morgan fingerprint density at radius 2 is 0.796 bits per heavy atom. The maximum atomic E-state index is 5.10. The van der Waals surface area contributed by atoms with Crippen LogP contribution < -0.4 is 0 Å². The first kappa shape index (κ1) is 28.9. The van der Waals surface area contributed by atoms with Crippen molar-refractivity contribution in [3.63, 3.8) is 0 Å². The number of aromatic nitrogens is 4. The SMILES string of the molecule is c1ccc(-c2ccc(-c3nc(-c4ccccc4)nc(-c4ccc(-c5ccc6sc(-c7ccccc7)nc6c5)c5ccccc45)n3)cc2)cc1. The van der Waals surface area contributed by atoms with Crippen molar-refractivity contribution in [1.29, 1.82) is 0 Å². The molecule has 0 fully saturated rings. The Morgan fingerprint density at radius 3 is 1.47 bits per heavy atom. The van der Waals surface area contributed by atoms with Crippen molar-refractivity contribution >= 4 is 32.3 Å². The maximum Gasteiger partial charge on any atom is 0.164 e. The molecule has 2 aromatic heterocycles. The minimum absolute atomic E-state index is 0.639. The summed E-state index contributed by atoms with van der Waals surface area (Å²) in [7, 11) is 0. The first-order chi connectivity index (χ1) is 24.3. The Kier molecular flexibility index (Phi) is 7.30. The molecule has 230 valence electrons. The van der Waals surface area contributed by atoms with Crippen molar-refractivity contribution in [3.05, 3.63) is 170 Å². The van der Waals surface area contributed by atoms with E-state index in [-0.39, 0.29) is 0 Å². The third kappa shape index (κ3) is 5.56. The highest BCUT2D eigenvalue weighted by Crippen LogP contribution is 2.38. The van der Waals surface area contributed by atoms with Gasteiger partial charge in [0.1, 0.15) is 5.01 Å². The van der Waals surface area contributed by atoms with Gasteiger partial charge in [-0.1, -0.05) is 152 Å². The fourth-order valence-electron chi connectivity index (χ4n) is 6.33. The molecule has 0 bridgehead atoms. The van der Waals surface area contributed by atoms with Gasteiger partial charge < -0.3 is 0 Å². The molecule has 9 aromatic rings. The first-order valence-electron chi connectivity index (χ1n) is 16.2. The number of benzene rings is 7. The minimum Gasteiger partial charge on any atom is -0.236 e. The Bertz CT molecular complexity index is 2580. The molecule has 0 radical (unpaired) electrons. The third-order valence-electron chi connectivity index (χ3n) is 8.80. The monoisotopic (exact) mass is 644 g/mol. The Hall–Kier alpha value is -6.30. The van der Waals surface area contributed by atoms with E-state index in [9.17, 15) is 0 Å². The Labute approximate surface area is 288 Å². The largest absolute Gasteiger partial charge is 0.236 e. The molecule has 0 spiro atoms. The third-order valence-corrected chi connectivity index (χ3v) is 9.89. The number of hydrogen-bond donors (Lipinski definition) is 0. The second-order valence-corrected chi connectivity index (χ2v) is 12.9. The van der Waals surface area contributed by atoms with Gasteiger partial charge in [-0.3, -0.25) is 0 Å². The van der Waals surface area contributed by atoms with E-state index < -0.39 is 0 Å². The van der Waals surface area contributed by atoms with Crippen LogP contribution in [0.25, 0.3) is 88.0 Å². The van der Waals surface area contributed by atoms with Crippen molar-refractivity contribution in [2.45, 2.75) is 0 Å². The predicted molar refractivity (Wildman–Crippen MR) is 203 cm³/mol. The molecule has 0 aliphatic carbocycles. The van der Waals surface area contributed by atoms with Crippen LogP contribution in [-0.4, -0.2) is 19.9 Å². The molecular weight excluding hydrogens is 617 g/mol. The van der Waals surface area contributed by atoms with Gasteiger partial charge in [0.15, 0.2) is 17.5 Å². The van der Waals surface area contributed by atoms with E-state index in [1.165, 1.54) is 10.3 Å². The lowest BCUT2D eigenvalue weighted by molar-refractivity contribution is 1.08. The molecule has 0 aliphatic heterocycles. The molecule has 0 saturated carbocycles. The lowest BCUT2D eigenvalue weighted by atomic mass is 9.94. The lowest BCUT2D eigenvalue weighted by Crippen LogP contribution is -2.00. The Morgan fingerprint density at radius 1 is 0.327 bits per heavy atom. The number of fused-ring (bicyclic) bond motifs is 2.